The number of amides is 1. The van der Waals surface area contributed by atoms with Gasteiger partial charge in [-0.2, -0.15) is 5.26 Å². The van der Waals surface area contributed by atoms with Gasteiger partial charge in [-0.15, -0.1) is 0 Å². The molecule has 0 saturated heterocycles. The van der Waals surface area contributed by atoms with Gasteiger partial charge in [0.05, 0.1) is 5.92 Å². The monoisotopic (exact) mass is 337 g/mol. The zero-order valence-corrected chi connectivity index (χ0v) is 13.9. The molecule has 0 saturated carbocycles. The van der Waals surface area contributed by atoms with E-state index in [1.54, 1.807) is 14.1 Å². The fraction of sp³-hybridized carbons (Fsp3) is 0.467. The second-order valence-corrected chi connectivity index (χ2v) is 6.13. The minimum atomic E-state index is -0.233. The molecule has 1 aromatic rings. The van der Waals surface area contributed by atoms with Crippen LogP contribution < -0.4 is 0 Å². The smallest absolute Gasteiger partial charge is 0.248 e. The molecule has 0 aliphatic carbocycles. The van der Waals surface area contributed by atoms with Crippen molar-refractivity contribution < 1.29 is 4.79 Å². The summed E-state index contributed by atoms with van der Waals surface area (Å²) in [4.78, 5) is 12.6. The molecule has 0 aliphatic heterocycles. The molecule has 0 fully saturated rings. The molecule has 1 amide bonds. The molecule has 1 aromatic carbocycles. The number of nitriles is 1. The number of carbonyl (C=O) groups is 1. The van der Waals surface area contributed by atoms with Gasteiger partial charge in [0.2, 0.25) is 5.91 Å². The summed E-state index contributed by atoms with van der Waals surface area (Å²) in [6.07, 6.45) is 2.70. The molecule has 4 nitrogen and oxygen atoms in total. The Balaban J connectivity index is 3.03. The van der Waals surface area contributed by atoms with Crippen LogP contribution in [0.5, 0.6) is 0 Å². The van der Waals surface area contributed by atoms with Gasteiger partial charge in [-0.05, 0) is 30.0 Å². The zero-order valence-electron chi connectivity index (χ0n) is 12.3. The van der Waals surface area contributed by atoms with Crippen molar-refractivity contribution in [1.82, 2.24) is 10.0 Å². The van der Waals surface area contributed by atoms with Crippen molar-refractivity contribution in [2.24, 2.45) is 5.92 Å². The molecule has 108 valence electrons. The van der Waals surface area contributed by atoms with Crippen LogP contribution in [0.1, 0.15) is 31.7 Å². The highest BCUT2D eigenvalue weighted by Crippen LogP contribution is 2.27. The van der Waals surface area contributed by atoms with Crippen molar-refractivity contribution >= 4 is 21.8 Å². The Hall–Kier alpha value is -1.54. The van der Waals surface area contributed by atoms with Crippen LogP contribution in [-0.4, -0.2) is 30.0 Å². The largest absolute Gasteiger partial charge is 0.272 e. The van der Waals surface area contributed by atoms with Crippen molar-refractivity contribution in [1.29, 1.82) is 5.26 Å². The van der Waals surface area contributed by atoms with Gasteiger partial charge in [-0.3, -0.25) is 4.79 Å². The summed E-state index contributed by atoms with van der Waals surface area (Å²) in [5, 5.41) is 11.5. The second kappa shape index (κ2) is 7.30. The van der Waals surface area contributed by atoms with Crippen LogP contribution in [0.2, 0.25) is 0 Å². The molecule has 0 spiro atoms. The molecule has 1 atom stereocenters. The van der Waals surface area contributed by atoms with Crippen LogP contribution in [0.25, 0.3) is 0 Å². The fourth-order valence-electron chi connectivity index (χ4n) is 1.99. The van der Waals surface area contributed by atoms with Gasteiger partial charge in [-0.25, -0.2) is 10.0 Å². The molecule has 0 aromatic heterocycles. The highest BCUT2D eigenvalue weighted by atomic mass is 79.9. The van der Waals surface area contributed by atoms with Gasteiger partial charge >= 0.3 is 0 Å². The predicted octanol–water partition coefficient (Wildman–Crippen LogP) is 3.37. The highest BCUT2D eigenvalue weighted by Gasteiger charge is 2.26. The van der Waals surface area contributed by atoms with E-state index in [2.05, 4.69) is 29.8 Å². The van der Waals surface area contributed by atoms with Crippen LogP contribution in [0.3, 0.4) is 0 Å². The SMILES string of the molecule is CC(C)CC(C(=O)N(C)N(C)C#N)c1ccc(Br)cc1. The third-order valence-corrected chi connectivity index (χ3v) is 3.72. The molecule has 0 N–H and O–H groups in total. The number of hydrogen-bond donors (Lipinski definition) is 0. The maximum Gasteiger partial charge on any atom is 0.248 e. The lowest BCUT2D eigenvalue weighted by Crippen LogP contribution is -2.41. The number of halogens is 1. The summed E-state index contributed by atoms with van der Waals surface area (Å²) < 4.78 is 0.986. The first-order chi connectivity index (χ1) is 9.36. The minimum Gasteiger partial charge on any atom is -0.272 e. The van der Waals surface area contributed by atoms with E-state index in [0.29, 0.717) is 5.92 Å². The third kappa shape index (κ3) is 4.24. The summed E-state index contributed by atoms with van der Waals surface area (Å²) in [5.74, 6) is 0.0994. The van der Waals surface area contributed by atoms with E-state index in [1.165, 1.54) is 10.0 Å². The topological polar surface area (TPSA) is 47.3 Å². The minimum absolute atomic E-state index is 0.0647. The first-order valence-corrected chi connectivity index (χ1v) is 7.32. The Labute approximate surface area is 129 Å². The number of rotatable bonds is 5. The quantitative estimate of drug-likeness (QED) is 0.470. The molecule has 0 bridgehead atoms. The fourth-order valence-corrected chi connectivity index (χ4v) is 2.25. The summed E-state index contributed by atoms with van der Waals surface area (Å²) in [7, 11) is 3.20. The standard InChI is InChI=1S/C15H20BrN3O/c1-11(2)9-14(12-5-7-13(16)8-6-12)15(20)19(4)18(3)10-17/h5-8,11,14H,9H2,1-4H3. The number of carbonyl (C=O) groups excluding carboxylic acids is 1. The summed E-state index contributed by atoms with van der Waals surface area (Å²) in [6, 6.07) is 7.78. The normalized spacial score (nSPS) is 11.8. The van der Waals surface area contributed by atoms with E-state index in [0.717, 1.165) is 16.5 Å². The average molecular weight is 338 g/mol. The number of hydrazine groups is 1. The van der Waals surface area contributed by atoms with Crippen LogP contribution >= 0.6 is 15.9 Å². The van der Waals surface area contributed by atoms with Crippen LogP contribution in [-0.2, 0) is 4.79 Å². The van der Waals surface area contributed by atoms with Gasteiger partial charge in [0.1, 0.15) is 0 Å². The summed E-state index contributed by atoms with van der Waals surface area (Å²) in [6.45, 7) is 4.18. The molecular formula is C15H20BrN3O. The Morgan fingerprint density at radius 1 is 1.30 bits per heavy atom. The Kier molecular flexibility index (Phi) is 6.03. The van der Waals surface area contributed by atoms with Crippen molar-refractivity contribution in [2.75, 3.05) is 14.1 Å². The van der Waals surface area contributed by atoms with Crippen molar-refractivity contribution in [3.8, 4) is 6.19 Å². The van der Waals surface area contributed by atoms with Gasteiger partial charge < -0.3 is 0 Å². The van der Waals surface area contributed by atoms with E-state index in [4.69, 9.17) is 5.26 Å². The second-order valence-electron chi connectivity index (χ2n) is 5.22. The van der Waals surface area contributed by atoms with Gasteiger partial charge in [0.25, 0.3) is 0 Å². The maximum absolute atomic E-state index is 12.6. The molecule has 0 heterocycles. The number of benzene rings is 1. The maximum atomic E-state index is 12.6. The zero-order chi connectivity index (χ0) is 15.3. The van der Waals surface area contributed by atoms with Crippen molar-refractivity contribution in [3.05, 3.63) is 34.3 Å². The summed E-state index contributed by atoms with van der Waals surface area (Å²) >= 11 is 3.40. The van der Waals surface area contributed by atoms with Crippen molar-refractivity contribution in [3.63, 3.8) is 0 Å². The number of hydrogen-bond acceptors (Lipinski definition) is 3. The number of nitrogens with zero attached hydrogens (tertiary/aromatic N) is 3. The Bertz CT molecular complexity index is 493. The molecule has 20 heavy (non-hydrogen) atoms. The molecule has 1 unspecified atom stereocenters. The van der Waals surface area contributed by atoms with Crippen LogP contribution in [0, 0.1) is 17.4 Å². The lowest BCUT2D eigenvalue weighted by atomic mass is 9.89. The molecule has 0 aliphatic rings. The van der Waals surface area contributed by atoms with E-state index in [9.17, 15) is 4.79 Å². The van der Waals surface area contributed by atoms with Gasteiger partial charge in [0.15, 0.2) is 6.19 Å². The van der Waals surface area contributed by atoms with Gasteiger partial charge in [0, 0.05) is 18.6 Å². The molecule has 5 heteroatoms. The third-order valence-electron chi connectivity index (χ3n) is 3.19. The first kappa shape index (κ1) is 16.5. The predicted molar refractivity (Wildman–Crippen MR) is 82.5 cm³/mol. The van der Waals surface area contributed by atoms with Crippen LogP contribution in [0.4, 0.5) is 0 Å². The molecular weight excluding hydrogens is 318 g/mol. The Morgan fingerprint density at radius 3 is 2.30 bits per heavy atom. The van der Waals surface area contributed by atoms with Crippen molar-refractivity contribution in [2.45, 2.75) is 26.2 Å². The van der Waals surface area contributed by atoms with E-state index in [1.807, 2.05) is 30.5 Å². The lowest BCUT2D eigenvalue weighted by molar-refractivity contribution is -0.141. The molecule has 1 rings (SSSR count). The average Bonchev–Trinajstić information content (AvgIpc) is 2.43. The van der Waals surface area contributed by atoms with Gasteiger partial charge in [-0.1, -0.05) is 41.9 Å². The Morgan fingerprint density at radius 2 is 1.85 bits per heavy atom. The summed E-state index contributed by atoms with van der Waals surface area (Å²) in [5.41, 5.74) is 0.977. The van der Waals surface area contributed by atoms with Crippen LogP contribution in [0.15, 0.2) is 28.7 Å². The molecule has 0 radical (unpaired) electrons. The van der Waals surface area contributed by atoms with E-state index >= 15 is 0 Å². The first-order valence-electron chi connectivity index (χ1n) is 6.53. The highest BCUT2D eigenvalue weighted by molar-refractivity contribution is 9.10. The lowest BCUT2D eigenvalue weighted by Gasteiger charge is -2.28. The van der Waals surface area contributed by atoms with E-state index < -0.39 is 0 Å². The number of likely N-dealkylation sites (N-methyl/N-ethyl adjacent to an activating group) is 1. The van der Waals surface area contributed by atoms with E-state index in [-0.39, 0.29) is 11.8 Å².